The van der Waals surface area contributed by atoms with Crippen molar-refractivity contribution < 1.29 is 14.7 Å². The van der Waals surface area contributed by atoms with Gasteiger partial charge in [0.05, 0.1) is 6.04 Å². The summed E-state index contributed by atoms with van der Waals surface area (Å²) in [5.74, 6) is -0.587. The minimum absolute atomic E-state index is 0.0687. The number of rotatable bonds is 7. The molecule has 0 aromatic carbocycles. The smallest absolute Gasteiger partial charge is 0.346 e. The number of thiophene rings is 1. The SMILES string of the molecule is CC(C)CNC(=O)C(C)NCc1ccsc1C(=O)O. The van der Waals surface area contributed by atoms with E-state index < -0.39 is 5.97 Å². The molecule has 0 bridgehead atoms. The summed E-state index contributed by atoms with van der Waals surface area (Å²) in [6.07, 6.45) is 0. The van der Waals surface area contributed by atoms with Crippen molar-refractivity contribution >= 4 is 23.2 Å². The van der Waals surface area contributed by atoms with E-state index in [1.807, 2.05) is 13.8 Å². The van der Waals surface area contributed by atoms with Gasteiger partial charge in [0.2, 0.25) is 5.91 Å². The largest absolute Gasteiger partial charge is 0.477 e. The molecule has 0 radical (unpaired) electrons. The van der Waals surface area contributed by atoms with Gasteiger partial charge < -0.3 is 15.7 Å². The highest BCUT2D eigenvalue weighted by Crippen LogP contribution is 2.16. The summed E-state index contributed by atoms with van der Waals surface area (Å²) >= 11 is 1.19. The molecule has 0 aliphatic heterocycles. The highest BCUT2D eigenvalue weighted by molar-refractivity contribution is 7.12. The molecule has 19 heavy (non-hydrogen) atoms. The third-order valence-electron chi connectivity index (χ3n) is 2.62. The lowest BCUT2D eigenvalue weighted by Crippen LogP contribution is -2.43. The third-order valence-corrected chi connectivity index (χ3v) is 3.56. The molecule has 1 atom stereocenters. The fourth-order valence-electron chi connectivity index (χ4n) is 1.48. The van der Waals surface area contributed by atoms with Crippen molar-refractivity contribution in [2.45, 2.75) is 33.4 Å². The van der Waals surface area contributed by atoms with Gasteiger partial charge in [-0.1, -0.05) is 13.8 Å². The van der Waals surface area contributed by atoms with E-state index in [1.54, 1.807) is 18.4 Å². The molecule has 0 saturated carbocycles. The Kier molecular flexibility index (Phi) is 5.98. The fourth-order valence-corrected chi connectivity index (χ4v) is 2.24. The highest BCUT2D eigenvalue weighted by Gasteiger charge is 2.15. The molecule has 1 rings (SSSR count). The lowest BCUT2D eigenvalue weighted by molar-refractivity contribution is -0.122. The predicted molar refractivity (Wildman–Crippen MR) is 75.4 cm³/mol. The summed E-state index contributed by atoms with van der Waals surface area (Å²) in [6, 6.07) is 1.42. The molecule has 1 amide bonds. The van der Waals surface area contributed by atoms with E-state index in [1.165, 1.54) is 11.3 Å². The van der Waals surface area contributed by atoms with Crippen LogP contribution in [0.5, 0.6) is 0 Å². The van der Waals surface area contributed by atoms with Crippen LogP contribution in [0.1, 0.15) is 36.0 Å². The first kappa shape index (κ1) is 15.7. The predicted octanol–water partition coefficient (Wildman–Crippen LogP) is 1.70. The molecule has 0 aliphatic carbocycles. The first-order valence-electron chi connectivity index (χ1n) is 6.22. The van der Waals surface area contributed by atoms with Gasteiger partial charge in [-0.05, 0) is 29.9 Å². The van der Waals surface area contributed by atoms with Crippen LogP contribution in [0.4, 0.5) is 0 Å². The van der Waals surface area contributed by atoms with Gasteiger partial charge in [0.25, 0.3) is 0 Å². The number of carbonyl (C=O) groups excluding carboxylic acids is 1. The van der Waals surface area contributed by atoms with E-state index in [0.29, 0.717) is 29.4 Å². The number of hydrogen-bond acceptors (Lipinski definition) is 4. The van der Waals surface area contributed by atoms with Crippen molar-refractivity contribution in [3.05, 3.63) is 21.9 Å². The Morgan fingerprint density at radius 3 is 2.63 bits per heavy atom. The molecule has 1 unspecified atom stereocenters. The summed E-state index contributed by atoms with van der Waals surface area (Å²) in [5, 5.41) is 16.6. The maximum atomic E-state index is 11.7. The van der Waals surface area contributed by atoms with Gasteiger partial charge in [-0.15, -0.1) is 11.3 Å². The van der Waals surface area contributed by atoms with E-state index >= 15 is 0 Å². The van der Waals surface area contributed by atoms with Gasteiger partial charge in [-0.3, -0.25) is 4.79 Å². The monoisotopic (exact) mass is 284 g/mol. The minimum atomic E-state index is -0.927. The number of carboxylic acid groups (broad SMARTS) is 1. The maximum Gasteiger partial charge on any atom is 0.346 e. The Labute approximate surface area is 117 Å². The first-order valence-corrected chi connectivity index (χ1v) is 7.10. The normalized spacial score (nSPS) is 12.4. The van der Waals surface area contributed by atoms with Crippen molar-refractivity contribution in [1.82, 2.24) is 10.6 Å². The zero-order valence-electron chi connectivity index (χ0n) is 11.4. The van der Waals surface area contributed by atoms with Crippen LogP contribution in [0.3, 0.4) is 0 Å². The lowest BCUT2D eigenvalue weighted by atomic mass is 10.2. The summed E-state index contributed by atoms with van der Waals surface area (Å²) < 4.78 is 0. The van der Waals surface area contributed by atoms with Gasteiger partial charge in [-0.2, -0.15) is 0 Å². The molecule has 0 aliphatic rings. The number of hydrogen-bond donors (Lipinski definition) is 3. The quantitative estimate of drug-likeness (QED) is 0.712. The number of aromatic carboxylic acids is 1. The molecule has 0 saturated heterocycles. The second-order valence-corrected chi connectivity index (χ2v) is 5.74. The van der Waals surface area contributed by atoms with Gasteiger partial charge in [0.1, 0.15) is 4.88 Å². The van der Waals surface area contributed by atoms with E-state index in [0.717, 1.165) is 0 Å². The number of carbonyl (C=O) groups is 2. The van der Waals surface area contributed by atoms with E-state index in [-0.39, 0.29) is 11.9 Å². The molecule has 1 aromatic rings. The first-order chi connectivity index (χ1) is 8.91. The Hall–Kier alpha value is -1.40. The second-order valence-electron chi connectivity index (χ2n) is 4.82. The Morgan fingerprint density at radius 1 is 1.37 bits per heavy atom. The van der Waals surface area contributed by atoms with Crippen LogP contribution >= 0.6 is 11.3 Å². The molecule has 0 spiro atoms. The van der Waals surface area contributed by atoms with Gasteiger partial charge in [0.15, 0.2) is 0 Å². The van der Waals surface area contributed by atoms with E-state index in [9.17, 15) is 9.59 Å². The molecule has 106 valence electrons. The van der Waals surface area contributed by atoms with E-state index in [2.05, 4.69) is 10.6 Å². The van der Waals surface area contributed by atoms with Gasteiger partial charge in [0, 0.05) is 13.1 Å². The summed E-state index contributed by atoms with van der Waals surface area (Å²) in [7, 11) is 0. The molecule has 6 heteroatoms. The zero-order valence-corrected chi connectivity index (χ0v) is 12.2. The van der Waals surface area contributed by atoms with Crippen molar-refractivity contribution in [2.24, 2.45) is 5.92 Å². The molecule has 0 fully saturated rings. The average molecular weight is 284 g/mol. The van der Waals surface area contributed by atoms with Crippen molar-refractivity contribution in [2.75, 3.05) is 6.54 Å². The average Bonchev–Trinajstić information content (AvgIpc) is 2.81. The minimum Gasteiger partial charge on any atom is -0.477 e. The third kappa shape index (κ3) is 5.00. The van der Waals surface area contributed by atoms with Crippen LogP contribution in [0.25, 0.3) is 0 Å². The molecule has 3 N–H and O–H groups in total. The second kappa shape index (κ2) is 7.25. The zero-order chi connectivity index (χ0) is 14.4. The van der Waals surface area contributed by atoms with Gasteiger partial charge >= 0.3 is 5.97 Å². The Bertz CT molecular complexity index is 443. The van der Waals surface area contributed by atoms with Crippen LogP contribution in [-0.2, 0) is 11.3 Å². The summed E-state index contributed by atoms with van der Waals surface area (Å²) in [4.78, 5) is 23.0. The molecule has 5 nitrogen and oxygen atoms in total. The van der Waals surface area contributed by atoms with Crippen molar-refractivity contribution in [1.29, 1.82) is 0 Å². The van der Waals surface area contributed by atoms with Crippen LogP contribution in [-0.4, -0.2) is 29.6 Å². The Balaban J connectivity index is 2.45. The van der Waals surface area contributed by atoms with Crippen molar-refractivity contribution in [3.63, 3.8) is 0 Å². The summed E-state index contributed by atoms with van der Waals surface area (Å²) in [6.45, 7) is 6.85. The number of nitrogens with one attached hydrogen (secondary N) is 2. The number of carboxylic acids is 1. The number of amides is 1. The van der Waals surface area contributed by atoms with Gasteiger partial charge in [-0.25, -0.2) is 4.79 Å². The van der Waals surface area contributed by atoms with Crippen LogP contribution in [0, 0.1) is 5.92 Å². The highest BCUT2D eigenvalue weighted by atomic mass is 32.1. The maximum absolute atomic E-state index is 11.7. The molecule has 1 heterocycles. The molecular weight excluding hydrogens is 264 g/mol. The lowest BCUT2D eigenvalue weighted by Gasteiger charge is -2.15. The molecular formula is C13H20N2O3S. The van der Waals surface area contributed by atoms with E-state index in [4.69, 9.17) is 5.11 Å². The topological polar surface area (TPSA) is 78.4 Å². The summed E-state index contributed by atoms with van der Waals surface area (Å²) in [5.41, 5.74) is 0.709. The standard InChI is InChI=1S/C13H20N2O3S/c1-8(2)6-15-12(16)9(3)14-7-10-4-5-19-11(10)13(17)18/h4-5,8-9,14H,6-7H2,1-3H3,(H,15,16)(H,17,18). The van der Waals surface area contributed by atoms with Crippen LogP contribution < -0.4 is 10.6 Å². The van der Waals surface area contributed by atoms with Crippen LogP contribution in [0.2, 0.25) is 0 Å². The molecule has 1 aromatic heterocycles. The fraction of sp³-hybridized carbons (Fsp3) is 0.538. The van der Waals surface area contributed by atoms with Crippen molar-refractivity contribution in [3.8, 4) is 0 Å². The Morgan fingerprint density at radius 2 is 2.05 bits per heavy atom. The van der Waals surface area contributed by atoms with Crippen LogP contribution in [0.15, 0.2) is 11.4 Å².